The molecule has 0 aromatic carbocycles. The molecule has 0 amide bonds. The lowest BCUT2D eigenvalue weighted by Crippen LogP contribution is -2.13. The van der Waals surface area contributed by atoms with Crippen molar-refractivity contribution in [3.8, 4) is 0 Å². The predicted octanol–water partition coefficient (Wildman–Crippen LogP) is 2.19. The van der Waals surface area contributed by atoms with E-state index in [1.807, 2.05) is 0 Å². The summed E-state index contributed by atoms with van der Waals surface area (Å²) in [7, 11) is -2.00. The van der Waals surface area contributed by atoms with Crippen LogP contribution in [0, 0.1) is 13.8 Å². The SMILES string of the molecule is Cc1nn(C)c(C)c1NS(=O)(=O)c1occc1Br. The molecule has 8 heteroatoms. The first kappa shape index (κ1) is 13.2. The van der Waals surface area contributed by atoms with Gasteiger partial charge in [0.15, 0.2) is 0 Å². The van der Waals surface area contributed by atoms with Crippen molar-refractivity contribution in [2.45, 2.75) is 18.9 Å². The van der Waals surface area contributed by atoms with Gasteiger partial charge in [0.25, 0.3) is 15.1 Å². The van der Waals surface area contributed by atoms with E-state index in [0.717, 1.165) is 5.69 Å². The van der Waals surface area contributed by atoms with Gasteiger partial charge in [-0.3, -0.25) is 9.40 Å². The average Bonchev–Trinajstić information content (AvgIpc) is 2.79. The number of nitrogens with one attached hydrogen (secondary N) is 1. The zero-order valence-corrected chi connectivity index (χ0v) is 12.5. The highest BCUT2D eigenvalue weighted by atomic mass is 79.9. The number of sulfonamides is 1. The van der Waals surface area contributed by atoms with Crippen LogP contribution < -0.4 is 4.72 Å². The zero-order chi connectivity index (χ0) is 13.5. The van der Waals surface area contributed by atoms with Crippen molar-refractivity contribution in [1.82, 2.24) is 9.78 Å². The summed E-state index contributed by atoms with van der Waals surface area (Å²) in [6, 6.07) is 1.53. The van der Waals surface area contributed by atoms with Crippen molar-refractivity contribution in [1.29, 1.82) is 0 Å². The molecule has 0 unspecified atom stereocenters. The molecule has 2 rings (SSSR count). The molecular weight excluding hydrogens is 322 g/mol. The maximum Gasteiger partial charge on any atom is 0.296 e. The maximum atomic E-state index is 12.1. The smallest absolute Gasteiger partial charge is 0.296 e. The molecule has 0 aliphatic rings. The minimum Gasteiger partial charge on any atom is -0.450 e. The number of aromatic nitrogens is 2. The molecule has 1 N–H and O–H groups in total. The first-order valence-electron chi connectivity index (χ1n) is 5.09. The van der Waals surface area contributed by atoms with Crippen molar-refractivity contribution in [3.05, 3.63) is 28.2 Å². The van der Waals surface area contributed by atoms with Crippen LogP contribution in [0.15, 0.2) is 26.3 Å². The summed E-state index contributed by atoms with van der Waals surface area (Å²) < 4.78 is 33.7. The molecule has 0 radical (unpaired) electrons. The normalized spacial score (nSPS) is 11.8. The highest BCUT2D eigenvalue weighted by Gasteiger charge is 2.24. The van der Waals surface area contributed by atoms with Crippen molar-refractivity contribution in [2.75, 3.05) is 4.72 Å². The number of hydrogen-bond donors (Lipinski definition) is 1. The van der Waals surface area contributed by atoms with Gasteiger partial charge in [-0.2, -0.15) is 13.5 Å². The van der Waals surface area contributed by atoms with Gasteiger partial charge in [-0.05, 0) is 35.8 Å². The molecule has 98 valence electrons. The molecule has 2 aromatic rings. The molecule has 0 fully saturated rings. The summed E-state index contributed by atoms with van der Waals surface area (Å²) in [6.45, 7) is 3.52. The molecule has 2 heterocycles. The van der Waals surface area contributed by atoms with Gasteiger partial charge in [-0.25, -0.2) is 0 Å². The van der Waals surface area contributed by atoms with Gasteiger partial charge in [0, 0.05) is 7.05 Å². The summed E-state index contributed by atoms with van der Waals surface area (Å²) in [5, 5.41) is 4.00. The summed E-state index contributed by atoms with van der Waals surface area (Å²) in [4.78, 5) is 0. The van der Waals surface area contributed by atoms with Crippen LogP contribution in [0.5, 0.6) is 0 Å². The van der Waals surface area contributed by atoms with E-state index in [-0.39, 0.29) is 5.09 Å². The van der Waals surface area contributed by atoms with Gasteiger partial charge < -0.3 is 4.42 Å². The Morgan fingerprint density at radius 1 is 1.44 bits per heavy atom. The summed E-state index contributed by atoms with van der Waals surface area (Å²) in [5.41, 5.74) is 1.82. The van der Waals surface area contributed by atoms with Crippen LogP contribution in [0.25, 0.3) is 0 Å². The third-order valence-electron chi connectivity index (χ3n) is 2.57. The van der Waals surface area contributed by atoms with E-state index in [9.17, 15) is 8.42 Å². The van der Waals surface area contributed by atoms with Crippen LogP contribution >= 0.6 is 15.9 Å². The first-order chi connectivity index (χ1) is 8.33. The largest absolute Gasteiger partial charge is 0.450 e. The molecular formula is C10H12BrN3O3S. The van der Waals surface area contributed by atoms with Gasteiger partial charge in [0.2, 0.25) is 0 Å². The van der Waals surface area contributed by atoms with Crippen molar-refractivity contribution >= 4 is 31.6 Å². The van der Waals surface area contributed by atoms with Gasteiger partial charge in [0.05, 0.1) is 27.8 Å². The summed E-state index contributed by atoms with van der Waals surface area (Å²) >= 11 is 3.12. The fraction of sp³-hybridized carbons (Fsp3) is 0.300. The second-order valence-electron chi connectivity index (χ2n) is 3.83. The van der Waals surface area contributed by atoms with E-state index in [1.54, 1.807) is 25.6 Å². The molecule has 0 bridgehead atoms. The molecule has 18 heavy (non-hydrogen) atoms. The quantitative estimate of drug-likeness (QED) is 0.933. The zero-order valence-electron chi connectivity index (χ0n) is 10.1. The number of rotatable bonds is 3. The highest BCUT2D eigenvalue weighted by molar-refractivity contribution is 9.10. The number of hydrogen-bond acceptors (Lipinski definition) is 4. The van der Waals surface area contributed by atoms with Crippen LogP contribution in [0.4, 0.5) is 5.69 Å². The van der Waals surface area contributed by atoms with Crippen LogP contribution in [0.3, 0.4) is 0 Å². The Morgan fingerprint density at radius 3 is 2.56 bits per heavy atom. The molecule has 0 saturated carbocycles. The molecule has 0 aliphatic heterocycles. The Kier molecular flexibility index (Phi) is 3.24. The average molecular weight is 334 g/mol. The van der Waals surface area contributed by atoms with Crippen LogP contribution in [-0.4, -0.2) is 18.2 Å². The molecule has 2 aromatic heterocycles. The lowest BCUT2D eigenvalue weighted by Gasteiger charge is -2.06. The number of halogens is 1. The molecule has 0 atom stereocenters. The number of nitrogens with zero attached hydrogens (tertiary/aromatic N) is 2. The van der Waals surface area contributed by atoms with E-state index >= 15 is 0 Å². The number of aryl methyl sites for hydroxylation is 2. The molecule has 0 saturated heterocycles. The number of furan rings is 1. The lowest BCUT2D eigenvalue weighted by molar-refractivity contribution is 0.449. The number of anilines is 1. The highest BCUT2D eigenvalue weighted by Crippen LogP contribution is 2.27. The Morgan fingerprint density at radius 2 is 2.11 bits per heavy atom. The first-order valence-corrected chi connectivity index (χ1v) is 7.36. The van der Waals surface area contributed by atoms with E-state index in [0.29, 0.717) is 15.9 Å². The molecule has 0 aliphatic carbocycles. The van der Waals surface area contributed by atoms with Gasteiger partial charge in [-0.1, -0.05) is 0 Å². The molecule has 0 spiro atoms. The Bertz CT molecular complexity index is 687. The van der Waals surface area contributed by atoms with Gasteiger partial charge in [0.1, 0.15) is 0 Å². The lowest BCUT2D eigenvalue weighted by atomic mass is 10.3. The summed E-state index contributed by atoms with van der Waals surface area (Å²) in [6.07, 6.45) is 1.31. The van der Waals surface area contributed by atoms with E-state index in [1.165, 1.54) is 12.3 Å². The van der Waals surface area contributed by atoms with Crippen molar-refractivity contribution in [3.63, 3.8) is 0 Å². The third-order valence-corrected chi connectivity index (χ3v) is 4.74. The van der Waals surface area contributed by atoms with Gasteiger partial charge in [-0.15, -0.1) is 0 Å². The predicted molar refractivity (Wildman–Crippen MR) is 69.9 cm³/mol. The second kappa shape index (κ2) is 4.43. The fourth-order valence-corrected chi connectivity index (χ4v) is 3.58. The third kappa shape index (κ3) is 2.17. The minimum atomic E-state index is -3.75. The minimum absolute atomic E-state index is 0.148. The molecule has 6 nitrogen and oxygen atoms in total. The second-order valence-corrected chi connectivity index (χ2v) is 6.27. The Balaban J connectivity index is 2.43. The van der Waals surface area contributed by atoms with Crippen LogP contribution in [0.2, 0.25) is 0 Å². The topological polar surface area (TPSA) is 77.1 Å². The Labute approximate surface area is 113 Å². The standard InChI is InChI=1S/C10H12BrN3O3S/c1-6-9(7(2)14(3)12-6)13-18(15,16)10-8(11)4-5-17-10/h4-5,13H,1-3H3. The summed E-state index contributed by atoms with van der Waals surface area (Å²) in [5.74, 6) is 0. The Hall–Kier alpha value is -1.28. The van der Waals surface area contributed by atoms with E-state index in [2.05, 4.69) is 25.8 Å². The van der Waals surface area contributed by atoms with Crippen LogP contribution in [-0.2, 0) is 17.1 Å². The fourth-order valence-electron chi connectivity index (χ4n) is 1.57. The maximum absolute atomic E-state index is 12.1. The van der Waals surface area contributed by atoms with E-state index in [4.69, 9.17) is 4.42 Å². The van der Waals surface area contributed by atoms with Crippen molar-refractivity contribution in [2.24, 2.45) is 7.05 Å². The van der Waals surface area contributed by atoms with Gasteiger partial charge >= 0.3 is 0 Å². The monoisotopic (exact) mass is 333 g/mol. The van der Waals surface area contributed by atoms with Crippen molar-refractivity contribution < 1.29 is 12.8 Å². The van der Waals surface area contributed by atoms with Crippen LogP contribution in [0.1, 0.15) is 11.4 Å². The van der Waals surface area contributed by atoms with E-state index < -0.39 is 10.0 Å².